The number of amides is 1. The van der Waals surface area contributed by atoms with Gasteiger partial charge in [0, 0.05) is 13.2 Å². The number of carbonyl (C=O) groups excluding carboxylic acids is 2. The second-order valence-corrected chi connectivity index (χ2v) is 7.58. The lowest BCUT2D eigenvalue weighted by Crippen LogP contribution is -2.41. The molecule has 1 heterocycles. The first-order valence-electron chi connectivity index (χ1n) is 7.88. The van der Waals surface area contributed by atoms with Crippen LogP contribution in [0.2, 0.25) is 0 Å². The summed E-state index contributed by atoms with van der Waals surface area (Å²) in [6.45, 7) is 0.740. The van der Waals surface area contributed by atoms with Crippen LogP contribution in [0.25, 0.3) is 0 Å². The Kier molecular flexibility index (Phi) is 6.38. The Morgan fingerprint density at radius 2 is 2.16 bits per heavy atom. The maximum atomic E-state index is 12.1. The molecule has 0 radical (unpaired) electrons. The summed E-state index contributed by atoms with van der Waals surface area (Å²) in [5, 5.41) is 2.68. The van der Waals surface area contributed by atoms with Gasteiger partial charge >= 0.3 is 5.97 Å². The Morgan fingerprint density at radius 3 is 2.76 bits per heavy atom. The largest absolute Gasteiger partial charge is 0.465 e. The second-order valence-electron chi connectivity index (χ2n) is 5.67. The number of carbonyl (C=O) groups is 2. The van der Waals surface area contributed by atoms with Crippen molar-refractivity contribution in [3.8, 4) is 0 Å². The van der Waals surface area contributed by atoms with E-state index in [9.17, 15) is 18.0 Å². The van der Waals surface area contributed by atoms with Gasteiger partial charge in [0.2, 0.25) is 15.9 Å². The molecule has 8 nitrogen and oxygen atoms in total. The van der Waals surface area contributed by atoms with Crippen molar-refractivity contribution in [2.24, 2.45) is 0 Å². The third kappa shape index (κ3) is 5.17. The van der Waals surface area contributed by atoms with E-state index in [-0.39, 0.29) is 24.6 Å². The van der Waals surface area contributed by atoms with Crippen molar-refractivity contribution in [3.63, 3.8) is 0 Å². The zero-order valence-corrected chi connectivity index (χ0v) is 15.0. The van der Waals surface area contributed by atoms with E-state index in [1.807, 2.05) is 0 Å². The SMILES string of the molecule is COC(=O)c1cccc(N(CCNC(=O)C2CCCO2)S(C)(=O)=O)c1. The Hall–Kier alpha value is -2.13. The van der Waals surface area contributed by atoms with Gasteiger partial charge in [0.15, 0.2) is 0 Å². The van der Waals surface area contributed by atoms with Gasteiger partial charge in [0.1, 0.15) is 6.10 Å². The molecule has 1 aliphatic rings. The van der Waals surface area contributed by atoms with E-state index in [1.165, 1.54) is 19.2 Å². The summed E-state index contributed by atoms with van der Waals surface area (Å²) in [6.07, 6.45) is 2.12. The van der Waals surface area contributed by atoms with Gasteiger partial charge in [0.25, 0.3) is 0 Å². The van der Waals surface area contributed by atoms with Gasteiger partial charge in [-0.2, -0.15) is 0 Å². The van der Waals surface area contributed by atoms with E-state index >= 15 is 0 Å². The fourth-order valence-electron chi connectivity index (χ4n) is 2.57. The van der Waals surface area contributed by atoms with Crippen molar-refractivity contribution in [1.82, 2.24) is 5.32 Å². The third-order valence-corrected chi connectivity index (χ3v) is 4.99. The number of sulfonamides is 1. The summed E-state index contributed by atoms with van der Waals surface area (Å²) in [4.78, 5) is 23.6. The molecular weight excluding hydrogens is 348 g/mol. The van der Waals surface area contributed by atoms with Crippen molar-refractivity contribution in [2.45, 2.75) is 18.9 Å². The number of nitrogens with zero attached hydrogens (tertiary/aromatic N) is 1. The summed E-state index contributed by atoms with van der Waals surface area (Å²) in [5.41, 5.74) is 0.578. The fraction of sp³-hybridized carbons (Fsp3) is 0.500. The predicted molar refractivity (Wildman–Crippen MR) is 92.0 cm³/mol. The highest BCUT2D eigenvalue weighted by atomic mass is 32.2. The summed E-state index contributed by atoms with van der Waals surface area (Å²) in [6, 6.07) is 6.13. The number of hydrogen-bond donors (Lipinski definition) is 1. The highest BCUT2D eigenvalue weighted by Crippen LogP contribution is 2.19. The van der Waals surface area contributed by atoms with Crippen LogP contribution in [0.3, 0.4) is 0 Å². The van der Waals surface area contributed by atoms with Gasteiger partial charge in [-0.1, -0.05) is 6.07 Å². The molecule has 1 saturated heterocycles. The van der Waals surface area contributed by atoms with Crippen molar-refractivity contribution in [3.05, 3.63) is 29.8 Å². The standard InChI is InChI=1S/C16H22N2O6S/c1-23-16(20)12-5-3-6-13(11-12)18(25(2,21)22)9-8-17-15(19)14-7-4-10-24-14/h3,5-6,11,14H,4,7-10H2,1-2H3,(H,17,19). The summed E-state index contributed by atoms with van der Waals surface area (Å²) >= 11 is 0. The topological polar surface area (TPSA) is 102 Å². The molecule has 0 aliphatic carbocycles. The minimum atomic E-state index is -3.59. The number of benzene rings is 1. The Labute approximate surface area is 147 Å². The van der Waals surface area contributed by atoms with Crippen LogP contribution >= 0.6 is 0 Å². The zero-order chi connectivity index (χ0) is 18.4. The summed E-state index contributed by atoms with van der Waals surface area (Å²) < 4.78 is 35.2. The fourth-order valence-corrected chi connectivity index (χ4v) is 3.49. The molecule has 138 valence electrons. The lowest BCUT2D eigenvalue weighted by atomic mass is 10.2. The monoisotopic (exact) mass is 370 g/mol. The molecule has 1 unspecified atom stereocenters. The highest BCUT2D eigenvalue weighted by molar-refractivity contribution is 7.92. The molecule has 1 amide bonds. The Balaban J connectivity index is 2.06. The van der Waals surface area contributed by atoms with Crippen LogP contribution in [0.1, 0.15) is 23.2 Å². The second kappa shape index (κ2) is 8.30. The lowest BCUT2D eigenvalue weighted by molar-refractivity contribution is -0.129. The smallest absolute Gasteiger partial charge is 0.337 e. The predicted octanol–water partition coefficient (Wildman–Crippen LogP) is 0.534. The minimum absolute atomic E-state index is 0.0436. The Bertz CT molecular complexity index is 728. The van der Waals surface area contributed by atoms with Crippen molar-refractivity contribution in [1.29, 1.82) is 0 Å². The van der Waals surface area contributed by atoms with Crippen LogP contribution in [0, 0.1) is 0 Å². The van der Waals surface area contributed by atoms with E-state index in [2.05, 4.69) is 10.1 Å². The van der Waals surface area contributed by atoms with Gasteiger partial charge in [-0.25, -0.2) is 13.2 Å². The van der Waals surface area contributed by atoms with E-state index in [4.69, 9.17) is 4.74 Å². The third-order valence-electron chi connectivity index (χ3n) is 3.79. The number of nitrogens with one attached hydrogen (secondary N) is 1. The average Bonchev–Trinajstić information content (AvgIpc) is 3.11. The number of rotatable bonds is 7. The van der Waals surface area contributed by atoms with Crippen LogP contribution in [-0.4, -0.2) is 59.5 Å². The van der Waals surface area contributed by atoms with E-state index in [0.29, 0.717) is 18.7 Å². The zero-order valence-electron chi connectivity index (χ0n) is 14.2. The maximum absolute atomic E-state index is 12.1. The number of methoxy groups -OCH3 is 1. The molecule has 1 aliphatic heterocycles. The number of anilines is 1. The number of ether oxygens (including phenoxy) is 2. The van der Waals surface area contributed by atoms with Crippen LogP contribution in [0.5, 0.6) is 0 Å². The first-order chi connectivity index (χ1) is 11.8. The van der Waals surface area contributed by atoms with Crippen LogP contribution in [0.15, 0.2) is 24.3 Å². The molecule has 25 heavy (non-hydrogen) atoms. The van der Waals surface area contributed by atoms with Gasteiger partial charge in [-0.15, -0.1) is 0 Å². The van der Waals surface area contributed by atoms with Gasteiger partial charge in [0.05, 0.1) is 31.2 Å². The van der Waals surface area contributed by atoms with Gasteiger partial charge in [-0.3, -0.25) is 9.10 Å². The van der Waals surface area contributed by atoms with Crippen LogP contribution in [0.4, 0.5) is 5.69 Å². The van der Waals surface area contributed by atoms with E-state index in [0.717, 1.165) is 17.0 Å². The van der Waals surface area contributed by atoms with Crippen LogP contribution in [-0.2, 0) is 24.3 Å². The number of hydrogen-bond acceptors (Lipinski definition) is 6. The van der Waals surface area contributed by atoms with E-state index < -0.39 is 22.1 Å². The first kappa shape index (κ1) is 19.2. The van der Waals surface area contributed by atoms with E-state index in [1.54, 1.807) is 12.1 Å². The molecule has 2 rings (SSSR count). The molecule has 0 bridgehead atoms. The molecular formula is C16H22N2O6S. The molecule has 0 saturated carbocycles. The molecule has 1 aromatic carbocycles. The molecule has 0 spiro atoms. The minimum Gasteiger partial charge on any atom is -0.465 e. The highest BCUT2D eigenvalue weighted by Gasteiger charge is 2.24. The average molecular weight is 370 g/mol. The molecule has 1 atom stereocenters. The van der Waals surface area contributed by atoms with Crippen molar-refractivity contribution >= 4 is 27.6 Å². The Morgan fingerprint density at radius 1 is 1.40 bits per heavy atom. The quantitative estimate of drug-likeness (QED) is 0.703. The summed E-state index contributed by atoms with van der Waals surface area (Å²) in [7, 11) is -2.33. The molecule has 1 fully saturated rings. The molecule has 1 N–H and O–H groups in total. The molecule has 0 aromatic heterocycles. The van der Waals surface area contributed by atoms with Gasteiger partial charge in [-0.05, 0) is 31.0 Å². The lowest BCUT2D eigenvalue weighted by Gasteiger charge is -2.23. The first-order valence-corrected chi connectivity index (χ1v) is 9.73. The molecule has 9 heteroatoms. The normalized spacial score (nSPS) is 17.1. The number of esters is 1. The van der Waals surface area contributed by atoms with Crippen molar-refractivity contribution < 1.29 is 27.5 Å². The molecule has 1 aromatic rings. The maximum Gasteiger partial charge on any atom is 0.337 e. The van der Waals surface area contributed by atoms with Crippen LogP contribution < -0.4 is 9.62 Å². The summed E-state index contributed by atoms with van der Waals surface area (Å²) in [5.74, 6) is -0.795. The van der Waals surface area contributed by atoms with Crippen molar-refractivity contribution in [2.75, 3.05) is 37.4 Å². The van der Waals surface area contributed by atoms with Gasteiger partial charge < -0.3 is 14.8 Å².